The second-order valence-corrected chi connectivity index (χ2v) is 4.28. The molecule has 4 nitrogen and oxygen atoms in total. The molecule has 0 saturated carbocycles. The molecule has 0 radical (unpaired) electrons. The summed E-state index contributed by atoms with van der Waals surface area (Å²) in [6.45, 7) is -0.162. The number of benzene rings is 2. The topological polar surface area (TPSA) is 76.1 Å². The van der Waals surface area contributed by atoms with Gasteiger partial charge in [-0.2, -0.15) is 5.26 Å². The van der Waals surface area contributed by atoms with Crippen LogP contribution in [0.2, 0.25) is 0 Å². The van der Waals surface area contributed by atoms with Crippen molar-refractivity contribution in [3.8, 4) is 6.07 Å². The highest BCUT2D eigenvalue weighted by Gasteiger charge is 2.11. The number of nitrogens with zero attached hydrogens (tertiary/aromatic N) is 1. The van der Waals surface area contributed by atoms with Gasteiger partial charge in [-0.3, -0.25) is 0 Å². The van der Waals surface area contributed by atoms with Crippen LogP contribution in [-0.2, 0) is 11.3 Å². The van der Waals surface area contributed by atoms with Gasteiger partial charge in [-0.1, -0.05) is 6.07 Å². The normalized spacial score (nSPS) is 9.95. The van der Waals surface area contributed by atoms with Crippen molar-refractivity contribution in [3.05, 3.63) is 64.7 Å². The van der Waals surface area contributed by atoms with E-state index in [-0.39, 0.29) is 23.4 Å². The predicted octanol–water partition coefficient (Wildman–Crippen LogP) is 2.78. The molecule has 0 atom stereocenters. The molecule has 0 aliphatic heterocycles. The lowest BCUT2D eigenvalue weighted by atomic mass is 10.1. The van der Waals surface area contributed by atoms with Crippen molar-refractivity contribution in [2.24, 2.45) is 0 Å². The van der Waals surface area contributed by atoms with Gasteiger partial charge in [0.05, 0.1) is 11.1 Å². The zero-order valence-corrected chi connectivity index (χ0v) is 10.8. The van der Waals surface area contributed by atoms with Crippen LogP contribution in [0.25, 0.3) is 0 Å². The number of rotatable bonds is 3. The smallest absolute Gasteiger partial charge is 0.338 e. The third kappa shape index (κ3) is 3.54. The first-order valence-electron chi connectivity index (χ1n) is 5.91. The lowest BCUT2D eigenvalue weighted by molar-refractivity contribution is 0.0472. The highest BCUT2D eigenvalue weighted by atomic mass is 19.1. The minimum Gasteiger partial charge on any atom is -0.457 e. The number of esters is 1. The van der Waals surface area contributed by atoms with Crippen LogP contribution in [0.5, 0.6) is 0 Å². The molecule has 0 bridgehead atoms. The van der Waals surface area contributed by atoms with Crippen LogP contribution >= 0.6 is 0 Å². The minimum absolute atomic E-state index is 0.0184. The molecule has 0 unspecified atom stereocenters. The first-order valence-corrected chi connectivity index (χ1v) is 5.91. The van der Waals surface area contributed by atoms with Crippen LogP contribution in [0.15, 0.2) is 36.4 Å². The molecule has 0 saturated heterocycles. The van der Waals surface area contributed by atoms with Gasteiger partial charge in [0, 0.05) is 5.69 Å². The summed E-state index contributed by atoms with van der Waals surface area (Å²) in [5.41, 5.74) is 5.83. The fourth-order valence-electron chi connectivity index (χ4n) is 1.71. The molecule has 106 valence electrons. The second kappa shape index (κ2) is 6.01. The predicted molar refractivity (Wildman–Crippen MR) is 71.0 cm³/mol. The van der Waals surface area contributed by atoms with E-state index in [1.54, 1.807) is 6.07 Å². The molecule has 6 heteroatoms. The summed E-state index contributed by atoms with van der Waals surface area (Å²) in [6, 6.07) is 8.85. The maximum atomic E-state index is 13.1. The monoisotopic (exact) mass is 288 g/mol. The summed E-state index contributed by atoms with van der Waals surface area (Å²) < 4.78 is 31.2. The standard InChI is InChI=1S/C15H10F2N2O2/c16-12-4-10(5-13(19)6-12)15(20)21-8-9-1-2-14(17)11(3-9)7-18/h1-6H,8,19H2. The van der Waals surface area contributed by atoms with Gasteiger partial charge in [-0.05, 0) is 35.9 Å². The van der Waals surface area contributed by atoms with Gasteiger partial charge < -0.3 is 10.5 Å². The number of anilines is 1. The number of nitrogens with two attached hydrogens (primary N) is 1. The first kappa shape index (κ1) is 14.5. The van der Waals surface area contributed by atoms with Crippen molar-refractivity contribution in [2.75, 3.05) is 5.73 Å². The van der Waals surface area contributed by atoms with Crippen molar-refractivity contribution in [1.82, 2.24) is 0 Å². The fraction of sp³-hybridized carbons (Fsp3) is 0.0667. The van der Waals surface area contributed by atoms with E-state index >= 15 is 0 Å². The van der Waals surface area contributed by atoms with Gasteiger partial charge >= 0.3 is 5.97 Å². The van der Waals surface area contributed by atoms with Crippen molar-refractivity contribution in [2.45, 2.75) is 6.61 Å². The van der Waals surface area contributed by atoms with E-state index < -0.39 is 17.6 Å². The zero-order valence-electron chi connectivity index (χ0n) is 10.8. The Morgan fingerprint density at radius 1 is 1.24 bits per heavy atom. The Bertz CT molecular complexity index is 719. The Morgan fingerprint density at radius 3 is 2.67 bits per heavy atom. The number of halogens is 2. The molecule has 0 aromatic heterocycles. The summed E-state index contributed by atoms with van der Waals surface area (Å²) in [5.74, 6) is -2.05. The molecule has 0 aliphatic carbocycles. The lowest BCUT2D eigenvalue weighted by Gasteiger charge is -2.06. The summed E-state index contributed by atoms with van der Waals surface area (Å²) in [5, 5.41) is 8.71. The molecular weight excluding hydrogens is 278 g/mol. The molecule has 0 spiro atoms. The van der Waals surface area contributed by atoms with Gasteiger partial charge in [0.15, 0.2) is 0 Å². The van der Waals surface area contributed by atoms with Crippen LogP contribution < -0.4 is 5.73 Å². The van der Waals surface area contributed by atoms with Crippen LogP contribution in [0.1, 0.15) is 21.5 Å². The number of carbonyl (C=O) groups excluding carboxylic acids is 1. The van der Waals surface area contributed by atoms with E-state index in [0.29, 0.717) is 5.56 Å². The van der Waals surface area contributed by atoms with E-state index in [1.165, 1.54) is 18.2 Å². The number of hydrogen-bond acceptors (Lipinski definition) is 4. The summed E-state index contributed by atoms with van der Waals surface area (Å²) >= 11 is 0. The van der Waals surface area contributed by atoms with E-state index in [1.807, 2.05) is 0 Å². The molecule has 2 aromatic carbocycles. The van der Waals surface area contributed by atoms with Crippen molar-refractivity contribution in [3.63, 3.8) is 0 Å². The Balaban J connectivity index is 2.09. The molecule has 2 aromatic rings. The van der Waals surface area contributed by atoms with Crippen LogP contribution in [-0.4, -0.2) is 5.97 Å². The van der Waals surface area contributed by atoms with E-state index in [9.17, 15) is 13.6 Å². The van der Waals surface area contributed by atoms with Gasteiger partial charge in [-0.15, -0.1) is 0 Å². The Labute approximate surface area is 119 Å². The third-order valence-electron chi connectivity index (χ3n) is 2.68. The minimum atomic E-state index is -0.760. The van der Waals surface area contributed by atoms with Crippen LogP contribution in [0.4, 0.5) is 14.5 Å². The third-order valence-corrected chi connectivity index (χ3v) is 2.68. The number of carbonyl (C=O) groups is 1. The summed E-state index contributed by atoms with van der Waals surface area (Å²) in [6.07, 6.45) is 0. The van der Waals surface area contributed by atoms with Crippen molar-refractivity contribution in [1.29, 1.82) is 5.26 Å². The van der Waals surface area contributed by atoms with E-state index in [0.717, 1.165) is 18.2 Å². The Morgan fingerprint density at radius 2 is 2.00 bits per heavy atom. The Hall–Kier alpha value is -2.94. The number of nitrogen functional groups attached to an aromatic ring is 1. The fourth-order valence-corrected chi connectivity index (χ4v) is 1.71. The van der Waals surface area contributed by atoms with Crippen molar-refractivity contribution < 1.29 is 18.3 Å². The largest absolute Gasteiger partial charge is 0.457 e. The summed E-state index contributed by atoms with van der Waals surface area (Å²) in [7, 11) is 0. The van der Waals surface area contributed by atoms with E-state index in [2.05, 4.69) is 0 Å². The number of nitriles is 1. The van der Waals surface area contributed by atoms with Crippen LogP contribution in [0, 0.1) is 23.0 Å². The molecule has 21 heavy (non-hydrogen) atoms. The quantitative estimate of drug-likeness (QED) is 0.696. The average molecular weight is 288 g/mol. The maximum absolute atomic E-state index is 13.1. The van der Waals surface area contributed by atoms with E-state index in [4.69, 9.17) is 15.7 Å². The molecule has 0 heterocycles. The highest BCUT2D eigenvalue weighted by Crippen LogP contribution is 2.14. The number of hydrogen-bond donors (Lipinski definition) is 1. The first-order chi connectivity index (χ1) is 9.99. The molecule has 0 fully saturated rings. The second-order valence-electron chi connectivity index (χ2n) is 4.28. The van der Waals surface area contributed by atoms with Gasteiger partial charge in [0.25, 0.3) is 0 Å². The SMILES string of the molecule is N#Cc1cc(COC(=O)c2cc(N)cc(F)c2)ccc1F. The number of ether oxygens (including phenoxy) is 1. The van der Waals surface area contributed by atoms with Gasteiger partial charge in [0.2, 0.25) is 0 Å². The average Bonchev–Trinajstić information content (AvgIpc) is 2.45. The zero-order chi connectivity index (χ0) is 15.4. The Kier molecular flexibility index (Phi) is 4.14. The summed E-state index contributed by atoms with van der Waals surface area (Å²) in [4.78, 5) is 11.8. The van der Waals surface area contributed by atoms with Crippen LogP contribution in [0.3, 0.4) is 0 Å². The highest BCUT2D eigenvalue weighted by molar-refractivity contribution is 5.90. The molecular formula is C15H10F2N2O2. The van der Waals surface area contributed by atoms with Gasteiger partial charge in [-0.25, -0.2) is 13.6 Å². The molecule has 0 amide bonds. The lowest BCUT2D eigenvalue weighted by Crippen LogP contribution is -2.06. The molecule has 2 rings (SSSR count). The molecule has 0 aliphatic rings. The molecule has 2 N–H and O–H groups in total. The van der Waals surface area contributed by atoms with Crippen molar-refractivity contribution >= 4 is 11.7 Å². The van der Waals surface area contributed by atoms with Gasteiger partial charge in [0.1, 0.15) is 24.3 Å². The maximum Gasteiger partial charge on any atom is 0.338 e.